The van der Waals surface area contributed by atoms with Crippen molar-refractivity contribution < 1.29 is 18.0 Å². The molecule has 0 bridgehead atoms. The molecule has 3 heterocycles. The normalized spacial score (nSPS) is 22.6. The maximum atomic E-state index is 12.5. The number of nitrogens with one attached hydrogen (secondary N) is 1. The van der Waals surface area contributed by atoms with Gasteiger partial charge in [0.25, 0.3) is 0 Å². The number of rotatable bonds is 5. The minimum Gasteiger partial charge on any atom is -0.353 e. The molecule has 2 amide bonds. The van der Waals surface area contributed by atoms with Gasteiger partial charge in [0.05, 0.1) is 12.2 Å². The SMILES string of the molecule is CS(=O)(=O)N1CCC(NC(=O)[C@@H]2CC(=O)N(Cc3ccncc3)C2)CC1. The summed E-state index contributed by atoms with van der Waals surface area (Å²) in [6.07, 6.45) is 5.98. The maximum absolute atomic E-state index is 12.5. The van der Waals surface area contributed by atoms with Crippen molar-refractivity contribution in [3.8, 4) is 0 Å². The van der Waals surface area contributed by atoms with Crippen LogP contribution in [0.25, 0.3) is 0 Å². The quantitative estimate of drug-likeness (QED) is 0.773. The molecule has 142 valence electrons. The zero-order chi connectivity index (χ0) is 18.7. The van der Waals surface area contributed by atoms with E-state index in [9.17, 15) is 18.0 Å². The Kier molecular flexibility index (Phi) is 5.57. The lowest BCUT2D eigenvalue weighted by Gasteiger charge is -2.31. The number of nitrogens with zero attached hydrogens (tertiary/aromatic N) is 3. The molecule has 9 heteroatoms. The fraction of sp³-hybridized carbons (Fsp3) is 0.588. The molecule has 0 unspecified atom stereocenters. The minimum absolute atomic E-state index is 0.0196. The molecule has 1 aromatic rings. The summed E-state index contributed by atoms with van der Waals surface area (Å²) in [4.78, 5) is 30.4. The van der Waals surface area contributed by atoms with E-state index in [1.165, 1.54) is 10.6 Å². The van der Waals surface area contributed by atoms with E-state index in [2.05, 4.69) is 10.3 Å². The van der Waals surface area contributed by atoms with Crippen LogP contribution in [0.1, 0.15) is 24.8 Å². The van der Waals surface area contributed by atoms with Crippen LogP contribution in [0, 0.1) is 5.92 Å². The molecular weight excluding hydrogens is 356 g/mol. The second kappa shape index (κ2) is 7.71. The van der Waals surface area contributed by atoms with Gasteiger partial charge in [0.2, 0.25) is 21.8 Å². The summed E-state index contributed by atoms with van der Waals surface area (Å²) in [6, 6.07) is 3.68. The third kappa shape index (κ3) is 4.59. The fourth-order valence-corrected chi connectivity index (χ4v) is 4.33. The Balaban J connectivity index is 1.49. The van der Waals surface area contributed by atoms with Crippen molar-refractivity contribution in [1.82, 2.24) is 19.5 Å². The van der Waals surface area contributed by atoms with Crippen LogP contribution in [0.2, 0.25) is 0 Å². The molecular formula is C17H24N4O4S. The standard InChI is InChI=1S/C17H24N4O4S/c1-26(24,25)21-8-4-15(5-9-21)19-17(23)14-10-16(22)20(12-14)11-13-2-6-18-7-3-13/h2-3,6-7,14-15H,4-5,8-12H2,1H3,(H,19,23)/t14-/m1/s1. The van der Waals surface area contributed by atoms with Crippen molar-refractivity contribution in [1.29, 1.82) is 0 Å². The Labute approximate surface area is 153 Å². The van der Waals surface area contributed by atoms with Crippen molar-refractivity contribution in [2.75, 3.05) is 25.9 Å². The summed E-state index contributed by atoms with van der Waals surface area (Å²) in [5, 5.41) is 2.99. The second-order valence-electron chi connectivity index (χ2n) is 6.98. The first-order chi connectivity index (χ1) is 12.3. The summed E-state index contributed by atoms with van der Waals surface area (Å²) >= 11 is 0. The van der Waals surface area contributed by atoms with Gasteiger partial charge in [0.15, 0.2) is 0 Å². The number of carbonyl (C=O) groups is 2. The molecule has 0 radical (unpaired) electrons. The van der Waals surface area contributed by atoms with E-state index in [0.29, 0.717) is 39.0 Å². The Morgan fingerprint density at radius 3 is 2.54 bits per heavy atom. The third-order valence-electron chi connectivity index (χ3n) is 4.98. The molecule has 1 aromatic heterocycles. The van der Waals surface area contributed by atoms with Crippen LogP contribution in [0.4, 0.5) is 0 Å². The lowest BCUT2D eigenvalue weighted by molar-refractivity contribution is -0.129. The van der Waals surface area contributed by atoms with Crippen LogP contribution < -0.4 is 5.32 Å². The summed E-state index contributed by atoms with van der Waals surface area (Å²) < 4.78 is 24.5. The molecule has 8 nitrogen and oxygen atoms in total. The number of piperidine rings is 1. The van der Waals surface area contributed by atoms with Gasteiger partial charge < -0.3 is 10.2 Å². The van der Waals surface area contributed by atoms with Crippen molar-refractivity contribution >= 4 is 21.8 Å². The number of pyridine rings is 1. The highest BCUT2D eigenvalue weighted by molar-refractivity contribution is 7.88. The molecule has 1 N–H and O–H groups in total. The van der Waals surface area contributed by atoms with Gasteiger partial charge in [-0.2, -0.15) is 0 Å². The van der Waals surface area contributed by atoms with Crippen molar-refractivity contribution in [3.05, 3.63) is 30.1 Å². The monoisotopic (exact) mass is 380 g/mol. The van der Waals surface area contributed by atoms with Crippen LogP contribution in [-0.2, 0) is 26.2 Å². The topological polar surface area (TPSA) is 99.7 Å². The first kappa shape index (κ1) is 18.8. The lowest BCUT2D eigenvalue weighted by Crippen LogP contribution is -2.47. The van der Waals surface area contributed by atoms with E-state index in [1.807, 2.05) is 12.1 Å². The van der Waals surface area contributed by atoms with Gasteiger partial charge in [-0.25, -0.2) is 12.7 Å². The van der Waals surface area contributed by atoms with E-state index in [1.54, 1.807) is 17.3 Å². The highest BCUT2D eigenvalue weighted by atomic mass is 32.2. The predicted octanol–water partition coefficient (Wildman–Crippen LogP) is -0.0297. The Hall–Kier alpha value is -2.00. The van der Waals surface area contributed by atoms with E-state index >= 15 is 0 Å². The molecule has 2 aliphatic rings. The smallest absolute Gasteiger partial charge is 0.225 e. The number of hydrogen-bond acceptors (Lipinski definition) is 5. The summed E-state index contributed by atoms with van der Waals surface area (Å²) in [5.41, 5.74) is 0.988. The van der Waals surface area contributed by atoms with E-state index in [4.69, 9.17) is 0 Å². The lowest BCUT2D eigenvalue weighted by atomic mass is 10.0. The molecule has 2 aliphatic heterocycles. The highest BCUT2D eigenvalue weighted by Crippen LogP contribution is 2.21. The predicted molar refractivity (Wildman–Crippen MR) is 95.3 cm³/mol. The Morgan fingerprint density at radius 2 is 1.92 bits per heavy atom. The minimum atomic E-state index is -3.17. The number of carbonyl (C=O) groups excluding carboxylic acids is 2. The van der Waals surface area contributed by atoms with Crippen LogP contribution in [0.15, 0.2) is 24.5 Å². The second-order valence-corrected chi connectivity index (χ2v) is 8.96. The molecule has 26 heavy (non-hydrogen) atoms. The van der Waals surface area contributed by atoms with Gasteiger partial charge >= 0.3 is 0 Å². The number of aromatic nitrogens is 1. The first-order valence-corrected chi connectivity index (χ1v) is 10.6. The number of likely N-dealkylation sites (tertiary alicyclic amines) is 1. The maximum Gasteiger partial charge on any atom is 0.225 e. The fourth-order valence-electron chi connectivity index (χ4n) is 3.46. The van der Waals surface area contributed by atoms with E-state index in [-0.39, 0.29) is 30.2 Å². The van der Waals surface area contributed by atoms with Gasteiger partial charge in [-0.1, -0.05) is 0 Å². The molecule has 0 aliphatic carbocycles. The molecule has 3 rings (SSSR count). The van der Waals surface area contributed by atoms with Crippen LogP contribution in [0.5, 0.6) is 0 Å². The zero-order valence-corrected chi connectivity index (χ0v) is 15.6. The third-order valence-corrected chi connectivity index (χ3v) is 6.28. The van der Waals surface area contributed by atoms with E-state index < -0.39 is 10.0 Å². The average molecular weight is 380 g/mol. The molecule has 0 spiro atoms. The molecule has 1 atom stereocenters. The van der Waals surface area contributed by atoms with Gasteiger partial charge in [0, 0.05) is 51.0 Å². The van der Waals surface area contributed by atoms with Crippen LogP contribution in [0.3, 0.4) is 0 Å². The summed E-state index contributed by atoms with van der Waals surface area (Å²) in [5.74, 6) is -0.487. The highest BCUT2D eigenvalue weighted by Gasteiger charge is 2.35. The Bertz CT molecular complexity index is 760. The van der Waals surface area contributed by atoms with Gasteiger partial charge in [-0.3, -0.25) is 14.6 Å². The molecule has 2 saturated heterocycles. The Morgan fingerprint density at radius 1 is 1.27 bits per heavy atom. The first-order valence-electron chi connectivity index (χ1n) is 8.75. The van der Waals surface area contributed by atoms with Gasteiger partial charge in [-0.05, 0) is 30.5 Å². The van der Waals surface area contributed by atoms with Gasteiger partial charge in [-0.15, -0.1) is 0 Å². The van der Waals surface area contributed by atoms with Gasteiger partial charge in [0.1, 0.15) is 0 Å². The van der Waals surface area contributed by atoms with Crippen LogP contribution >= 0.6 is 0 Å². The largest absolute Gasteiger partial charge is 0.353 e. The average Bonchev–Trinajstić information content (AvgIpc) is 2.96. The zero-order valence-electron chi connectivity index (χ0n) is 14.8. The number of amides is 2. The molecule has 2 fully saturated rings. The number of hydrogen-bond donors (Lipinski definition) is 1. The van der Waals surface area contributed by atoms with Crippen molar-refractivity contribution in [3.63, 3.8) is 0 Å². The molecule has 0 saturated carbocycles. The van der Waals surface area contributed by atoms with Crippen molar-refractivity contribution in [2.45, 2.75) is 31.8 Å². The van der Waals surface area contributed by atoms with E-state index in [0.717, 1.165) is 5.56 Å². The molecule has 0 aromatic carbocycles. The number of sulfonamides is 1. The summed E-state index contributed by atoms with van der Waals surface area (Å²) in [6.45, 7) is 1.73. The summed E-state index contributed by atoms with van der Waals surface area (Å²) in [7, 11) is -3.17. The van der Waals surface area contributed by atoms with Crippen LogP contribution in [-0.4, -0.2) is 66.4 Å². The van der Waals surface area contributed by atoms with Crippen molar-refractivity contribution in [2.24, 2.45) is 5.92 Å².